The van der Waals surface area contributed by atoms with E-state index in [-0.39, 0.29) is 23.7 Å². The van der Waals surface area contributed by atoms with Gasteiger partial charge in [0.05, 0.1) is 10.4 Å². The smallest absolute Gasteiger partial charge is 0.270 e. The molecule has 10 heteroatoms. The lowest BCUT2D eigenvalue weighted by Gasteiger charge is -2.30. The van der Waals surface area contributed by atoms with Gasteiger partial charge in [-0.2, -0.15) is 4.98 Å². The first-order chi connectivity index (χ1) is 19.9. The molecule has 10 nitrogen and oxygen atoms in total. The molecule has 208 valence electrons. The number of non-ortho nitro benzene ring substituents is 1. The maximum atomic E-state index is 13.6. The Morgan fingerprint density at radius 2 is 1.63 bits per heavy atom. The number of amides is 1. The number of aromatic amines is 1. The van der Waals surface area contributed by atoms with Crippen LogP contribution in [-0.2, 0) is 0 Å². The average molecular weight is 550 g/mol. The van der Waals surface area contributed by atoms with Gasteiger partial charge < -0.3 is 20.5 Å². The molecule has 0 atom stereocenters. The minimum Gasteiger partial charge on any atom is -0.362 e. The summed E-state index contributed by atoms with van der Waals surface area (Å²) in [7, 11) is 3.95. The Labute approximate surface area is 237 Å². The van der Waals surface area contributed by atoms with E-state index in [1.165, 1.54) is 12.1 Å². The Balaban J connectivity index is 1.18. The Hall–Kier alpha value is -4.99. The fourth-order valence-corrected chi connectivity index (χ4v) is 5.66. The third kappa shape index (κ3) is 5.28. The molecule has 1 amide bonds. The number of hydrogen-bond donors (Lipinski definition) is 3. The lowest BCUT2D eigenvalue weighted by atomic mass is 9.91. The number of anilines is 2. The van der Waals surface area contributed by atoms with Gasteiger partial charge in [0, 0.05) is 60.2 Å². The lowest BCUT2D eigenvalue weighted by Crippen LogP contribution is -2.40. The standard InChI is InChI=1S/C31H31N7O3/c1-37(2)29-23-10-6-7-11-25(23)35-31(36-29)33-21-14-12-20(13-15-21)32-30(39)28-27(19-8-4-3-5-9-19)24-18-22(38(40)41)16-17-26(24)34-28/h3-11,16-18,20-21,34H,12-15H2,1-2H3,(H,32,39)(H,33,35,36)/t20-,21+. The monoisotopic (exact) mass is 549 g/mol. The SMILES string of the molecule is CN(C)c1nc(N[C@H]2CC[C@@H](NC(=O)c3[nH]c4ccc([N+](=O)[O-])cc4c3-c3ccccc3)CC2)nc2ccccc12. The van der Waals surface area contributed by atoms with Crippen LogP contribution in [0.2, 0.25) is 0 Å². The van der Waals surface area contributed by atoms with Crippen LogP contribution in [0.3, 0.4) is 0 Å². The lowest BCUT2D eigenvalue weighted by molar-refractivity contribution is -0.384. The van der Waals surface area contributed by atoms with Crippen molar-refractivity contribution in [2.24, 2.45) is 0 Å². The van der Waals surface area contributed by atoms with E-state index in [9.17, 15) is 14.9 Å². The number of nitro groups is 1. The Kier molecular flexibility index (Phi) is 6.96. The number of hydrogen-bond acceptors (Lipinski definition) is 7. The normalized spacial score (nSPS) is 16.9. The van der Waals surface area contributed by atoms with Crippen LogP contribution in [0.5, 0.6) is 0 Å². The second-order valence-corrected chi connectivity index (χ2v) is 10.7. The predicted molar refractivity (Wildman–Crippen MR) is 161 cm³/mol. The Bertz CT molecular complexity index is 1740. The van der Waals surface area contributed by atoms with Gasteiger partial charge in [0.25, 0.3) is 11.6 Å². The highest BCUT2D eigenvalue weighted by atomic mass is 16.6. The van der Waals surface area contributed by atoms with Crippen LogP contribution in [0, 0.1) is 10.1 Å². The highest BCUT2D eigenvalue weighted by Crippen LogP contribution is 2.35. The maximum Gasteiger partial charge on any atom is 0.270 e. The summed E-state index contributed by atoms with van der Waals surface area (Å²) in [4.78, 5) is 39.3. The zero-order valence-electron chi connectivity index (χ0n) is 22.9. The third-order valence-electron chi connectivity index (χ3n) is 7.68. The minimum absolute atomic E-state index is 0.0137. The van der Waals surface area contributed by atoms with E-state index < -0.39 is 4.92 Å². The first-order valence-corrected chi connectivity index (χ1v) is 13.7. The second-order valence-electron chi connectivity index (χ2n) is 10.7. The number of fused-ring (bicyclic) bond motifs is 2. The van der Waals surface area contributed by atoms with Crippen molar-refractivity contribution >= 4 is 45.2 Å². The van der Waals surface area contributed by atoms with Crippen molar-refractivity contribution in [3.05, 3.63) is 88.6 Å². The highest BCUT2D eigenvalue weighted by molar-refractivity contribution is 6.10. The van der Waals surface area contributed by atoms with Crippen LogP contribution >= 0.6 is 0 Å². The van der Waals surface area contributed by atoms with Gasteiger partial charge in [-0.25, -0.2) is 4.98 Å². The molecule has 2 aromatic heterocycles. The number of aromatic nitrogens is 3. The van der Waals surface area contributed by atoms with Crippen LogP contribution in [0.25, 0.3) is 32.9 Å². The molecule has 3 aromatic carbocycles. The highest BCUT2D eigenvalue weighted by Gasteiger charge is 2.27. The van der Waals surface area contributed by atoms with Gasteiger partial charge in [-0.3, -0.25) is 14.9 Å². The molecule has 0 saturated heterocycles. The Morgan fingerprint density at radius 3 is 2.37 bits per heavy atom. The quantitative estimate of drug-likeness (QED) is 0.170. The first kappa shape index (κ1) is 26.2. The summed E-state index contributed by atoms with van der Waals surface area (Å²) in [5, 5.41) is 19.8. The van der Waals surface area contributed by atoms with Gasteiger partial charge >= 0.3 is 0 Å². The molecule has 1 aliphatic rings. The first-order valence-electron chi connectivity index (χ1n) is 13.7. The average Bonchev–Trinajstić information content (AvgIpc) is 3.37. The molecule has 1 aliphatic carbocycles. The molecule has 2 heterocycles. The van der Waals surface area contributed by atoms with Gasteiger partial charge in [0.2, 0.25) is 5.95 Å². The molecule has 0 spiro atoms. The fraction of sp³-hybridized carbons (Fsp3) is 0.258. The van der Waals surface area contributed by atoms with Crippen molar-refractivity contribution in [1.82, 2.24) is 20.3 Å². The van der Waals surface area contributed by atoms with E-state index >= 15 is 0 Å². The second kappa shape index (κ2) is 10.9. The van der Waals surface area contributed by atoms with Crippen molar-refractivity contribution in [3.63, 3.8) is 0 Å². The van der Waals surface area contributed by atoms with Gasteiger partial charge in [0.1, 0.15) is 11.5 Å². The zero-order valence-corrected chi connectivity index (χ0v) is 22.9. The van der Waals surface area contributed by atoms with E-state index in [1.807, 2.05) is 73.6 Å². The van der Waals surface area contributed by atoms with Crippen molar-refractivity contribution in [3.8, 4) is 11.1 Å². The topological polar surface area (TPSA) is 129 Å². The molecule has 0 aliphatic heterocycles. The van der Waals surface area contributed by atoms with Crippen LogP contribution < -0.4 is 15.5 Å². The van der Waals surface area contributed by atoms with E-state index in [0.29, 0.717) is 28.1 Å². The Morgan fingerprint density at radius 1 is 0.927 bits per heavy atom. The van der Waals surface area contributed by atoms with Crippen molar-refractivity contribution < 1.29 is 9.72 Å². The number of rotatable bonds is 7. The molecule has 1 saturated carbocycles. The summed E-state index contributed by atoms with van der Waals surface area (Å²) in [6, 6.07) is 22.3. The molecule has 1 fully saturated rings. The largest absolute Gasteiger partial charge is 0.362 e. The maximum absolute atomic E-state index is 13.6. The molecular weight excluding hydrogens is 518 g/mol. The van der Waals surface area contributed by atoms with E-state index in [2.05, 4.69) is 15.6 Å². The molecule has 3 N–H and O–H groups in total. The fourth-order valence-electron chi connectivity index (χ4n) is 5.66. The van der Waals surface area contributed by atoms with Crippen LogP contribution in [-0.4, -0.2) is 52.0 Å². The van der Waals surface area contributed by atoms with E-state index in [0.717, 1.165) is 48.0 Å². The van der Waals surface area contributed by atoms with E-state index in [1.54, 1.807) is 6.07 Å². The number of carbonyl (C=O) groups excluding carboxylic acids is 1. The number of para-hydroxylation sites is 1. The van der Waals surface area contributed by atoms with E-state index in [4.69, 9.17) is 9.97 Å². The number of nitro benzene ring substituents is 1. The number of nitrogens with zero attached hydrogens (tertiary/aromatic N) is 4. The summed E-state index contributed by atoms with van der Waals surface area (Å²) >= 11 is 0. The number of H-pyrrole nitrogens is 1. The number of benzene rings is 3. The summed E-state index contributed by atoms with van der Waals surface area (Å²) < 4.78 is 0. The predicted octanol–water partition coefficient (Wildman–Crippen LogP) is 5.91. The van der Waals surface area contributed by atoms with Crippen LogP contribution in [0.15, 0.2) is 72.8 Å². The molecule has 41 heavy (non-hydrogen) atoms. The summed E-state index contributed by atoms with van der Waals surface area (Å²) in [6.07, 6.45) is 3.35. The van der Waals surface area contributed by atoms with Gasteiger partial charge in [-0.05, 0) is 49.4 Å². The van der Waals surface area contributed by atoms with Gasteiger partial charge in [-0.15, -0.1) is 0 Å². The third-order valence-corrected chi connectivity index (χ3v) is 7.68. The zero-order chi connectivity index (χ0) is 28.5. The summed E-state index contributed by atoms with van der Waals surface area (Å²) in [6.45, 7) is 0. The summed E-state index contributed by atoms with van der Waals surface area (Å²) in [5.41, 5.74) is 3.46. The molecule has 0 unspecified atom stereocenters. The van der Waals surface area contributed by atoms with Crippen molar-refractivity contribution in [1.29, 1.82) is 0 Å². The van der Waals surface area contributed by atoms with Crippen LogP contribution in [0.4, 0.5) is 17.5 Å². The van der Waals surface area contributed by atoms with Gasteiger partial charge in [0.15, 0.2) is 0 Å². The molecule has 0 radical (unpaired) electrons. The minimum atomic E-state index is -0.419. The van der Waals surface area contributed by atoms with Crippen molar-refractivity contribution in [2.75, 3.05) is 24.3 Å². The number of carbonyl (C=O) groups is 1. The summed E-state index contributed by atoms with van der Waals surface area (Å²) in [5.74, 6) is 1.27. The van der Waals surface area contributed by atoms with Crippen molar-refractivity contribution in [2.45, 2.75) is 37.8 Å². The molecule has 6 rings (SSSR count). The van der Waals surface area contributed by atoms with Gasteiger partial charge in [-0.1, -0.05) is 42.5 Å². The molecular formula is C31H31N7O3. The van der Waals surface area contributed by atoms with Crippen LogP contribution in [0.1, 0.15) is 36.2 Å². The number of nitrogens with one attached hydrogen (secondary N) is 3. The molecule has 5 aromatic rings. The molecule has 0 bridgehead atoms.